The third-order valence-electron chi connectivity index (χ3n) is 5.92. The van der Waals surface area contributed by atoms with Crippen LogP contribution in [0.4, 0.5) is 0 Å². The van der Waals surface area contributed by atoms with Gasteiger partial charge in [0.05, 0.1) is 31.8 Å². The number of hydrogen-bond acceptors (Lipinski definition) is 6. The maximum absolute atomic E-state index is 13.5. The zero-order valence-corrected chi connectivity index (χ0v) is 17.1. The van der Waals surface area contributed by atoms with Gasteiger partial charge in [0.1, 0.15) is 6.04 Å². The Bertz CT molecular complexity index is 1280. The van der Waals surface area contributed by atoms with E-state index in [1.165, 1.54) is 7.11 Å². The molecule has 0 fully saturated rings. The molecule has 5 rings (SSSR count). The van der Waals surface area contributed by atoms with Crippen molar-refractivity contribution in [2.45, 2.75) is 12.5 Å². The molecule has 2 aromatic carbocycles. The monoisotopic (exact) mass is 423 g/mol. The molecular formula is C22H21N3O6. The van der Waals surface area contributed by atoms with Crippen molar-refractivity contribution >= 4 is 0 Å². The predicted octanol–water partition coefficient (Wildman–Crippen LogP) is -0.503. The number of benzene rings is 2. The summed E-state index contributed by atoms with van der Waals surface area (Å²) in [6, 6.07) is 9.77. The Hall–Kier alpha value is -3.72. The topological polar surface area (TPSA) is 110 Å². The van der Waals surface area contributed by atoms with Crippen LogP contribution in [-0.2, 0) is 6.42 Å². The molecule has 9 nitrogen and oxygen atoms in total. The smallest absolute Gasteiger partial charge is 0.332 e. The molecule has 1 aromatic heterocycles. The van der Waals surface area contributed by atoms with Crippen molar-refractivity contribution in [3.63, 3.8) is 0 Å². The highest BCUT2D eigenvalue weighted by atomic mass is 16.7. The van der Waals surface area contributed by atoms with Gasteiger partial charge in [-0.25, -0.2) is 4.79 Å². The van der Waals surface area contributed by atoms with Crippen LogP contribution < -0.4 is 35.5 Å². The largest absolute Gasteiger partial charge is 0.859 e. The van der Waals surface area contributed by atoms with Crippen LogP contribution in [0.2, 0.25) is 0 Å². The molecule has 0 bridgehead atoms. The Morgan fingerprint density at radius 2 is 1.97 bits per heavy atom. The summed E-state index contributed by atoms with van der Waals surface area (Å²) in [4.78, 5) is 28.8. The highest BCUT2D eigenvalue weighted by Gasteiger charge is 2.39. The van der Waals surface area contributed by atoms with E-state index < -0.39 is 23.2 Å². The fourth-order valence-electron chi connectivity index (χ4n) is 4.51. The first kappa shape index (κ1) is 19.3. The third-order valence-corrected chi connectivity index (χ3v) is 5.92. The number of aromatic nitrogens is 2. The van der Waals surface area contributed by atoms with Crippen LogP contribution >= 0.6 is 0 Å². The average Bonchev–Trinajstić information content (AvgIpc) is 3.22. The van der Waals surface area contributed by atoms with Gasteiger partial charge in [0, 0.05) is 12.1 Å². The van der Waals surface area contributed by atoms with Gasteiger partial charge in [0.2, 0.25) is 12.5 Å². The second-order valence-corrected chi connectivity index (χ2v) is 7.64. The number of fused-ring (bicyclic) bond motifs is 2. The molecule has 160 valence electrons. The van der Waals surface area contributed by atoms with E-state index in [9.17, 15) is 14.7 Å². The van der Waals surface area contributed by atoms with E-state index in [0.717, 1.165) is 21.5 Å². The van der Waals surface area contributed by atoms with Crippen LogP contribution in [0.5, 0.6) is 23.1 Å². The van der Waals surface area contributed by atoms with E-state index in [4.69, 9.17) is 14.2 Å². The number of para-hydroxylation sites is 1. The summed E-state index contributed by atoms with van der Waals surface area (Å²) >= 11 is 0. The quantitative estimate of drug-likeness (QED) is 0.588. The lowest BCUT2D eigenvalue weighted by Gasteiger charge is -2.35. The van der Waals surface area contributed by atoms with Gasteiger partial charge in [-0.1, -0.05) is 18.2 Å². The number of nitrogens with zero attached hydrogens (tertiary/aromatic N) is 1. The zero-order chi connectivity index (χ0) is 21.7. The highest BCUT2D eigenvalue weighted by Crippen LogP contribution is 2.48. The maximum Gasteiger partial charge on any atom is 0.332 e. The van der Waals surface area contributed by atoms with Gasteiger partial charge in [0.15, 0.2) is 11.5 Å². The van der Waals surface area contributed by atoms with E-state index in [-0.39, 0.29) is 12.4 Å². The molecule has 9 heteroatoms. The first-order valence-corrected chi connectivity index (χ1v) is 9.94. The van der Waals surface area contributed by atoms with Crippen LogP contribution in [0.15, 0.2) is 46.0 Å². The molecule has 3 aromatic rings. The lowest BCUT2D eigenvalue weighted by molar-refractivity contribution is -0.908. The fraction of sp³-hybridized carbons (Fsp3) is 0.273. The Morgan fingerprint density at radius 1 is 1.19 bits per heavy atom. The van der Waals surface area contributed by atoms with Crippen LogP contribution in [-0.4, -0.2) is 37.0 Å². The minimum Gasteiger partial charge on any atom is -0.859 e. The lowest BCUT2D eigenvalue weighted by Crippen LogP contribution is -3.10. The van der Waals surface area contributed by atoms with Crippen molar-refractivity contribution in [2.75, 3.05) is 27.5 Å². The Kier molecular flexibility index (Phi) is 4.48. The number of methoxy groups -OCH3 is 1. The second-order valence-electron chi connectivity index (χ2n) is 7.64. The SMILES string of the molecule is COc1c2c(cc3c1C(c1c([O-])n(-c4ccccc4)c(=O)[nH]c1=O)[NH+](C)CC3)OCO2. The van der Waals surface area contributed by atoms with Crippen LogP contribution in [0.1, 0.15) is 22.7 Å². The molecule has 2 N–H and O–H groups in total. The van der Waals surface area contributed by atoms with E-state index in [2.05, 4.69) is 4.98 Å². The molecule has 2 unspecified atom stereocenters. The minimum absolute atomic E-state index is 0.0148. The number of nitrogens with one attached hydrogen (secondary N) is 2. The number of ether oxygens (including phenoxy) is 3. The number of likely N-dealkylation sites (N-methyl/N-ethyl adjacent to an activating group) is 1. The van der Waals surface area contributed by atoms with Gasteiger partial charge >= 0.3 is 5.69 Å². The standard InChI is InChI=1S/C22H21N3O6/c1-24-9-8-12-10-14-18(31-11-30-14)19(29-2)15(12)17(24)16-20(26)23-22(28)25(21(16)27)13-6-4-3-5-7-13/h3-7,10,17,27H,8-9,11H2,1-2H3,(H,23,26,28). The summed E-state index contributed by atoms with van der Waals surface area (Å²) in [5.41, 5.74) is 0.542. The van der Waals surface area contributed by atoms with E-state index >= 15 is 0 Å². The van der Waals surface area contributed by atoms with Crippen molar-refractivity contribution in [3.8, 4) is 28.8 Å². The lowest BCUT2D eigenvalue weighted by atomic mass is 9.87. The molecule has 3 heterocycles. The van der Waals surface area contributed by atoms with Gasteiger partial charge < -0.3 is 24.2 Å². The fourth-order valence-corrected chi connectivity index (χ4v) is 4.51. The Balaban J connectivity index is 1.80. The summed E-state index contributed by atoms with van der Waals surface area (Å²) < 4.78 is 17.8. The summed E-state index contributed by atoms with van der Waals surface area (Å²) in [6.45, 7) is 0.762. The molecule has 0 saturated carbocycles. The van der Waals surface area contributed by atoms with Crippen LogP contribution in [0.25, 0.3) is 5.69 Å². The predicted molar refractivity (Wildman–Crippen MR) is 109 cm³/mol. The zero-order valence-electron chi connectivity index (χ0n) is 17.1. The summed E-state index contributed by atoms with van der Waals surface area (Å²) in [5.74, 6) is 0.850. The summed E-state index contributed by atoms with van der Waals surface area (Å²) in [5, 5.41) is 13.5. The van der Waals surface area contributed by atoms with Crippen molar-refractivity contribution in [3.05, 3.63) is 73.9 Å². The molecule has 2 aliphatic rings. The molecule has 2 aliphatic heterocycles. The molecule has 0 amide bonds. The van der Waals surface area contributed by atoms with E-state index in [1.807, 2.05) is 13.1 Å². The second kappa shape index (κ2) is 7.21. The summed E-state index contributed by atoms with van der Waals surface area (Å²) in [6.07, 6.45) is 0.717. The van der Waals surface area contributed by atoms with Gasteiger partial charge in [-0.3, -0.25) is 14.3 Å². The Labute approximate surface area is 177 Å². The molecule has 0 spiro atoms. The van der Waals surface area contributed by atoms with E-state index in [1.54, 1.807) is 30.3 Å². The molecule has 31 heavy (non-hydrogen) atoms. The molecule has 0 radical (unpaired) electrons. The first-order chi connectivity index (χ1) is 15.0. The molecule has 2 atom stereocenters. The van der Waals surface area contributed by atoms with Crippen molar-refractivity contribution < 1.29 is 24.2 Å². The van der Waals surface area contributed by atoms with E-state index in [0.29, 0.717) is 35.0 Å². The first-order valence-electron chi connectivity index (χ1n) is 9.94. The maximum atomic E-state index is 13.5. The third kappa shape index (κ3) is 2.89. The molecule has 0 aliphatic carbocycles. The number of rotatable bonds is 3. The summed E-state index contributed by atoms with van der Waals surface area (Å²) in [7, 11) is 3.43. The molecule has 0 saturated heterocycles. The van der Waals surface area contributed by atoms with Gasteiger partial charge in [-0.15, -0.1) is 0 Å². The highest BCUT2D eigenvalue weighted by molar-refractivity contribution is 5.62. The van der Waals surface area contributed by atoms with Crippen molar-refractivity contribution in [2.24, 2.45) is 0 Å². The number of quaternary nitrogens is 1. The minimum atomic E-state index is -0.767. The van der Waals surface area contributed by atoms with Crippen LogP contribution in [0.3, 0.4) is 0 Å². The van der Waals surface area contributed by atoms with Crippen molar-refractivity contribution in [1.82, 2.24) is 9.55 Å². The van der Waals surface area contributed by atoms with Gasteiger partial charge in [-0.2, -0.15) is 0 Å². The molecular weight excluding hydrogens is 402 g/mol. The number of hydrogen-bond donors (Lipinski definition) is 2. The Morgan fingerprint density at radius 3 is 2.71 bits per heavy atom. The number of aromatic amines is 1. The van der Waals surface area contributed by atoms with Crippen molar-refractivity contribution in [1.29, 1.82) is 0 Å². The number of H-pyrrole nitrogens is 1. The average molecular weight is 423 g/mol. The van der Waals surface area contributed by atoms with Gasteiger partial charge in [0.25, 0.3) is 5.56 Å². The van der Waals surface area contributed by atoms with Gasteiger partial charge in [-0.05, 0) is 29.6 Å². The normalized spacial score (nSPS) is 19.2. The van der Waals surface area contributed by atoms with Crippen LogP contribution in [0, 0.1) is 0 Å².